The Morgan fingerprint density at radius 2 is 1.92 bits per heavy atom. The van der Waals surface area contributed by atoms with Gasteiger partial charge >= 0.3 is 0 Å². The van der Waals surface area contributed by atoms with Crippen LogP contribution in [-0.4, -0.2) is 43.3 Å². The quantitative estimate of drug-likeness (QED) is 0.441. The first-order chi connectivity index (χ1) is 12.1. The Morgan fingerprint density at radius 1 is 1.24 bits per heavy atom. The molecule has 1 N–H and O–H groups in total. The Bertz CT molecular complexity index is 756. The van der Waals surface area contributed by atoms with Gasteiger partial charge in [-0.05, 0) is 24.0 Å². The second-order valence-electron chi connectivity index (χ2n) is 4.95. The molecule has 0 radical (unpaired) electrons. The lowest BCUT2D eigenvalue weighted by atomic mass is 10.1. The third-order valence-electron chi connectivity index (χ3n) is 3.44. The van der Waals surface area contributed by atoms with Crippen LogP contribution >= 0.6 is 11.8 Å². The predicted molar refractivity (Wildman–Crippen MR) is 100 cm³/mol. The van der Waals surface area contributed by atoms with Crippen LogP contribution in [0, 0.1) is 0 Å². The lowest BCUT2D eigenvalue weighted by Crippen LogP contribution is -2.06. The lowest BCUT2D eigenvalue weighted by molar-refractivity contribution is 0.111. The van der Waals surface area contributed by atoms with Crippen molar-refractivity contribution in [2.75, 3.05) is 27.0 Å². The predicted octanol–water partition coefficient (Wildman–Crippen LogP) is 3.14. The van der Waals surface area contributed by atoms with Crippen molar-refractivity contribution < 1.29 is 14.3 Å². The molecule has 25 heavy (non-hydrogen) atoms. The summed E-state index contributed by atoms with van der Waals surface area (Å²) in [6.45, 7) is 2.01. The van der Waals surface area contributed by atoms with E-state index in [2.05, 4.69) is 15.3 Å². The van der Waals surface area contributed by atoms with Gasteiger partial charge in [0.1, 0.15) is 17.2 Å². The summed E-state index contributed by atoms with van der Waals surface area (Å²) in [5.74, 6) is 2.20. The number of carbonyl (C=O) groups is 1. The topological polar surface area (TPSA) is 73.3 Å². The number of methoxy groups -OCH3 is 2. The zero-order chi connectivity index (χ0) is 18.2. The number of hydrogen-bond donors (Lipinski definition) is 1. The van der Waals surface area contributed by atoms with Crippen LogP contribution in [0.2, 0.25) is 0 Å². The van der Waals surface area contributed by atoms with Gasteiger partial charge in [-0.1, -0.05) is 18.7 Å². The van der Waals surface area contributed by atoms with Crippen molar-refractivity contribution in [1.82, 2.24) is 15.3 Å². The third kappa shape index (κ3) is 4.73. The molecule has 0 bridgehead atoms. The minimum absolute atomic E-state index is 0.355. The van der Waals surface area contributed by atoms with E-state index in [1.807, 2.05) is 25.1 Å². The van der Waals surface area contributed by atoms with Crippen LogP contribution in [0.3, 0.4) is 0 Å². The van der Waals surface area contributed by atoms with Crippen LogP contribution in [0.4, 0.5) is 0 Å². The van der Waals surface area contributed by atoms with Crippen LogP contribution in [-0.2, 0) is 0 Å². The number of ether oxygens (including phenoxy) is 2. The van der Waals surface area contributed by atoms with Crippen molar-refractivity contribution >= 4 is 29.8 Å². The number of nitrogens with zero attached hydrogens (tertiary/aromatic N) is 2. The fourth-order valence-corrected chi connectivity index (χ4v) is 2.76. The number of hydrogen-bond acceptors (Lipinski definition) is 7. The van der Waals surface area contributed by atoms with Crippen molar-refractivity contribution in [2.45, 2.75) is 12.1 Å². The molecular formula is C18H21N3O3S. The standard InChI is InChI=1S/C18H21N3O3S/c1-5-25-18-20-10-13(17(11-22)21-18)8-16(19-2)12-6-14(23-3)9-15(7-12)24-4/h6-11,19H,5H2,1-4H3/b16-8-. The van der Waals surface area contributed by atoms with Crippen molar-refractivity contribution in [1.29, 1.82) is 0 Å². The number of nitrogens with one attached hydrogen (secondary N) is 1. The van der Waals surface area contributed by atoms with E-state index in [4.69, 9.17) is 9.47 Å². The molecule has 132 valence electrons. The molecule has 6 nitrogen and oxygen atoms in total. The van der Waals surface area contributed by atoms with Gasteiger partial charge in [0.2, 0.25) is 0 Å². The molecular weight excluding hydrogens is 338 g/mol. The van der Waals surface area contributed by atoms with E-state index in [-0.39, 0.29) is 0 Å². The summed E-state index contributed by atoms with van der Waals surface area (Å²) in [6.07, 6.45) is 4.23. The zero-order valence-corrected chi connectivity index (χ0v) is 15.5. The molecule has 7 heteroatoms. The van der Waals surface area contributed by atoms with E-state index in [1.165, 1.54) is 11.8 Å². The van der Waals surface area contributed by atoms with Gasteiger partial charge in [-0.3, -0.25) is 4.79 Å². The molecule has 0 saturated heterocycles. The Morgan fingerprint density at radius 3 is 2.44 bits per heavy atom. The smallest absolute Gasteiger partial charge is 0.188 e. The van der Waals surface area contributed by atoms with E-state index in [1.54, 1.807) is 33.5 Å². The molecule has 0 aliphatic heterocycles. The Labute approximate surface area is 151 Å². The molecule has 0 spiro atoms. The number of aromatic nitrogens is 2. The summed E-state index contributed by atoms with van der Waals surface area (Å²) < 4.78 is 10.6. The highest BCUT2D eigenvalue weighted by molar-refractivity contribution is 7.99. The third-order valence-corrected chi connectivity index (χ3v) is 4.19. The fourth-order valence-electron chi connectivity index (χ4n) is 2.21. The monoisotopic (exact) mass is 359 g/mol. The zero-order valence-electron chi connectivity index (χ0n) is 14.7. The van der Waals surface area contributed by atoms with Gasteiger partial charge in [0.05, 0.1) is 14.2 Å². The van der Waals surface area contributed by atoms with Crippen LogP contribution < -0.4 is 14.8 Å². The maximum atomic E-state index is 11.4. The van der Waals surface area contributed by atoms with Gasteiger partial charge in [0.25, 0.3) is 0 Å². The van der Waals surface area contributed by atoms with Gasteiger partial charge in [0, 0.05) is 36.1 Å². The summed E-state index contributed by atoms with van der Waals surface area (Å²) in [6, 6.07) is 5.56. The summed E-state index contributed by atoms with van der Waals surface area (Å²) in [5, 5.41) is 3.73. The summed E-state index contributed by atoms with van der Waals surface area (Å²) in [5.41, 5.74) is 2.65. The number of carbonyl (C=O) groups excluding carboxylic acids is 1. The molecule has 2 aromatic rings. The van der Waals surface area contributed by atoms with E-state index in [9.17, 15) is 4.79 Å². The number of thioether (sulfide) groups is 1. The minimum Gasteiger partial charge on any atom is -0.497 e. The number of rotatable bonds is 8. The largest absolute Gasteiger partial charge is 0.497 e. The van der Waals surface area contributed by atoms with E-state index in [0.717, 1.165) is 23.3 Å². The van der Waals surface area contributed by atoms with E-state index >= 15 is 0 Å². The number of benzene rings is 1. The summed E-state index contributed by atoms with van der Waals surface area (Å²) >= 11 is 1.49. The Kier molecular flexibility index (Phi) is 6.82. The maximum Gasteiger partial charge on any atom is 0.188 e. The fraction of sp³-hybridized carbons (Fsp3) is 0.278. The number of aldehydes is 1. The molecule has 1 aromatic heterocycles. The molecule has 0 saturated carbocycles. The second kappa shape index (κ2) is 9.08. The highest BCUT2D eigenvalue weighted by atomic mass is 32.2. The van der Waals surface area contributed by atoms with Crippen molar-refractivity contribution in [3.8, 4) is 11.5 Å². The van der Waals surface area contributed by atoms with Gasteiger partial charge < -0.3 is 14.8 Å². The van der Waals surface area contributed by atoms with Crippen LogP contribution in [0.5, 0.6) is 11.5 Å². The van der Waals surface area contributed by atoms with Crippen LogP contribution in [0.25, 0.3) is 11.8 Å². The summed E-state index contributed by atoms with van der Waals surface area (Å²) in [7, 11) is 5.01. The van der Waals surface area contributed by atoms with Gasteiger partial charge in [0.15, 0.2) is 11.4 Å². The molecule has 0 unspecified atom stereocenters. The highest BCUT2D eigenvalue weighted by Crippen LogP contribution is 2.27. The van der Waals surface area contributed by atoms with E-state index in [0.29, 0.717) is 27.9 Å². The Balaban J connectivity index is 2.48. The van der Waals surface area contributed by atoms with Crippen molar-refractivity contribution in [2.24, 2.45) is 0 Å². The molecule has 0 fully saturated rings. The molecule has 0 aliphatic carbocycles. The average Bonchev–Trinajstić information content (AvgIpc) is 2.66. The van der Waals surface area contributed by atoms with Gasteiger partial charge in [-0.2, -0.15) is 0 Å². The molecule has 2 rings (SSSR count). The highest BCUT2D eigenvalue weighted by Gasteiger charge is 2.09. The molecule has 1 heterocycles. The molecule has 0 aliphatic rings. The maximum absolute atomic E-state index is 11.4. The van der Waals surface area contributed by atoms with Crippen LogP contribution in [0.1, 0.15) is 28.5 Å². The minimum atomic E-state index is 0.355. The van der Waals surface area contributed by atoms with E-state index < -0.39 is 0 Å². The van der Waals surface area contributed by atoms with Crippen molar-refractivity contribution in [3.05, 3.63) is 41.2 Å². The first-order valence-electron chi connectivity index (χ1n) is 7.73. The normalized spacial score (nSPS) is 11.1. The summed E-state index contributed by atoms with van der Waals surface area (Å²) in [4.78, 5) is 20.0. The first kappa shape index (κ1) is 18.8. The Hall–Kier alpha value is -2.54. The van der Waals surface area contributed by atoms with Crippen LogP contribution in [0.15, 0.2) is 29.6 Å². The first-order valence-corrected chi connectivity index (χ1v) is 8.71. The molecule has 0 amide bonds. The molecule has 0 atom stereocenters. The van der Waals surface area contributed by atoms with Gasteiger partial charge in [-0.25, -0.2) is 9.97 Å². The SMILES string of the molecule is CCSc1ncc(/C=C(\NC)c2cc(OC)cc(OC)c2)c(C=O)n1. The molecule has 1 aromatic carbocycles. The van der Waals surface area contributed by atoms with Gasteiger partial charge in [-0.15, -0.1) is 0 Å². The lowest BCUT2D eigenvalue weighted by Gasteiger charge is -2.12. The second-order valence-corrected chi connectivity index (χ2v) is 6.18. The average molecular weight is 359 g/mol. The van der Waals surface area contributed by atoms with Crippen molar-refractivity contribution in [3.63, 3.8) is 0 Å².